The van der Waals surface area contributed by atoms with Gasteiger partial charge in [0, 0.05) is 12.1 Å². The van der Waals surface area contributed by atoms with Gasteiger partial charge in [-0.1, -0.05) is 23.8 Å². The summed E-state index contributed by atoms with van der Waals surface area (Å²) in [6.07, 6.45) is 8.39. The highest BCUT2D eigenvalue weighted by atomic mass is 19.1. The zero-order valence-electron chi connectivity index (χ0n) is 11.1. The largest absolute Gasteiger partial charge is 0.312 e. The third-order valence-electron chi connectivity index (χ3n) is 3.52. The van der Waals surface area contributed by atoms with Crippen molar-refractivity contribution in [1.82, 2.24) is 5.32 Å². The Labute approximate surface area is 113 Å². The highest BCUT2D eigenvalue weighted by Gasteiger charge is 2.07. The molecule has 0 saturated carbocycles. The summed E-state index contributed by atoms with van der Waals surface area (Å²) in [6.45, 7) is 1.34. The van der Waals surface area contributed by atoms with Crippen molar-refractivity contribution in [3.63, 3.8) is 0 Å². The lowest BCUT2D eigenvalue weighted by Crippen LogP contribution is -2.16. The number of benzene rings is 1. The molecule has 100 valence electrons. The van der Waals surface area contributed by atoms with E-state index in [9.17, 15) is 4.39 Å². The Balaban J connectivity index is 1.80. The molecule has 0 radical (unpaired) electrons. The maximum absolute atomic E-state index is 13.8. The molecule has 19 heavy (non-hydrogen) atoms. The molecule has 2 rings (SSSR count). The van der Waals surface area contributed by atoms with Crippen LogP contribution in [0.5, 0.6) is 0 Å². The molecule has 0 fully saturated rings. The van der Waals surface area contributed by atoms with E-state index in [2.05, 4.69) is 11.4 Å². The van der Waals surface area contributed by atoms with Crippen LogP contribution in [0.15, 0.2) is 29.8 Å². The van der Waals surface area contributed by atoms with Crippen molar-refractivity contribution in [2.75, 3.05) is 6.54 Å². The summed E-state index contributed by atoms with van der Waals surface area (Å²) < 4.78 is 13.8. The van der Waals surface area contributed by atoms with Gasteiger partial charge in [-0.2, -0.15) is 5.26 Å². The van der Waals surface area contributed by atoms with Crippen molar-refractivity contribution < 1.29 is 4.39 Å². The Morgan fingerprint density at radius 3 is 2.95 bits per heavy atom. The number of nitrogens with zero attached hydrogens (tertiary/aromatic N) is 1. The van der Waals surface area contributed by atoms with Gasteiger partial charge in [0.05, 0.1) is 5.56 Å². The van der Waals surface area contributed by atoms with Gasteiger partial charge in [-0.25, -0.2) is 4.39 Å². The van der Waals surface area contributed by atoms with Gasteiger partial charge in [0.1, 0.15) is 11.9 Å². The average molecular weight is 258 g/mol. The molecule has 0 atom stereocenters. The third kappa shape index (κ3) is 3.90. The highest BCUT2D eigenvalue weighted by Crippen LogP contribution is 2.19. The Morgan fingerprint density at radius 1 is 1.32 bits per heavy atom. The summed E-state index contributed by atoms with van der Waals surface area (Å²) in [6, 6.07) is 6.82. The third-order valence-corrected chi connectivity index (χ3v) is 3.52. The molecule has 2 nitrogen and oxygen atoms in total. The fourth-order valence-corrected chi connectivity index (χ4v) is 2.41. The van der Waals surface area contributed by atoms with Gasteiger partial charge in [0.25, 0.3) is 0 Å². The van der Waals surface area contributed by atoms with Crippen molar-refractivity contribution in [2.45, 2.75) is 38.6 Å². The molecule has 3 heteroatoms. The van der Waals surface area contributed by atoms with E-state index >= 15 is 0 Å². The molecule has 0 aromatic heterocycles. The Kier molecular flexibility index (Phi) is 5.11. The predicted octanol–water partition coefficient (Wildman–Crippen LogP) is 3.68. The summed E-state index contributed by atoms with van der Waals surface area (Å²) >= 11 is 0. The van der Waals surface area contributed by atoms with Gasteiger partial charge in [-0.15, -0.1) is 0 Å². The second kappa shape index (κ2) is 7.06. The molecule has 1 aromatic rings. The molecule has 0 saturated heterocycles. The first kappa shape index (κ1) is 13.8. The van der Waals surface area contributed by atoms with E-state index in [1.165, 1.54) is 37.3 Å². The Morgan fingerprint density at radius 2 is 2.21 bits per heavy atom. The number of halogens is 1. The number of nitrogens with one attached hydrogen (secondary N) is 1. The average Bonchev–Trinajstić information content (AvgIpc) is 2.46. The van der Waals surface area contributed by atoms with E-state index in [4.69, 9.17) is 5.26 Å². The highest BCUT2D eigenvalue weighted by molar-refractivity contribution is 5.34. The van der Waals surface area contributed by atoms with Crippen LogP contribution in [0, 0.1) is 17.1 Å². The molecule has 0 aliphatic heterocycles. The maximum Gasteiger partial charge on any atom is 0.145 e. The van der Waals surface area contributed by atoms with E-state index in [-0.39, 0.29) is 5.56 Å². The molecule has 0 heterocycles. The Hall–Kier alpha value is -1.66. The first-order valence-corrected chi connectivity index (χ1v) is 6.87. The van der Waals surface area contributed by atoms with Gasteiger partial charge >= 0.3 is 0 Å². The molecule has 1 aliphatic carbocycles. The normalized spacial score (nSPS) is 14.8. The molecule has 0 amide bonds. The standard InChI is InChI=1S/C16H19FN2/c17-16-14(11-18)7-4-8-15(16)12-19-10-9-13-5-2-1-3-6-13/h4-5,7-8,19H,1-3,6,9-10,12H2. The van der Waals surface area contributed by atoms with Crippen LogP contribution in [0.3, 0.4) is 0 Å². The number of nitriles is 1. The first-order valence-electron chi connectivity index (χ1n) is 6.87. The molecule has 0 unspecified atom stereocenters. The fraction of sp³-hybridized carbons (Fsp3) is 0.438. The van der Waals surface area contributed by atoms with Crippen molar-refractivity contribution in [2.24, 2.45) is 0 Å². The van der Waals surface area contributed by atoms with Gasteiger partial charge < -0.3 is 5.32 Å². The topological polar surface area (TPSA) is 35.8 Å². The molecular formula is C16H19FN2. The van der Waals surface area contributed by atoms with Gasteiger partial charge in [0.2, 0.25) is 0 Å². The lowest BCUT2D eigenvalue weighted by Gasteiger charge is -2.13. The van der Waals surface area contributed by atoms with Crippen molar-refractivity contribution in [1.29, 1.82) is 5.26 Å². The van der Waals surface area contributed by atoms with Crippen LogP contribution in [0.1, 0.15) is 43.2 Å². The molecule has 1 N–H and O–H groups in total. The SMILES string of the molecule is N#Cc1cccc(CNCCC2=CCCCC2)c1F. The van der Waals surface area contributed by atoms with Crippen LogP contribution in [-0.2, 0) is 6.54 Å². The predicted molar refractivity (Wildman–Crippen MR) is 74.0 cm³/mol. The Bertz CT molecular complexity index is 500. The number of hydrogen-bond acceptors (Lipinski definition) is 2. The minimum absolute atomic E-state index is 0.120. The minimum atomic E-state index is -0.394. The summed E-state index contributed by atoms with van der Waals surface area (Å²) in [5.74, 6) is -0.394. The van der Waals surface area contributed by atoms with Gasteiger partial charge in [0.15, 0.2) is 0 Å². The first-order chi connectivity index (χ1) is 9.31. The van der Waals surface area contributed by atoms with Crippen LogP contribution in [-0.4, -0.2) is 6.54 Å². The number of hydrogen-bond donors (Lipinski definition) is 1. The van der Waals surface area contributed by atoms with E-state index in [1.54, 1.807) is 12.1 Å². The summed E-state index contributed by atoms with van der Waals surface area (Å²) in [4.78, 5) is 0. The van der Waals surface area contributed by atoms with Crippen LogP contribution in [0.4, 0.5) is 4.39 Å². The second-order valence-electron chi connectivity index (χ2n) is 4.93. The zero-order valence-corrected chi connectivity index (χ0v) is 11.1. The van der Waals surface area contributed by atoms with E-state index in [1.807, 2.05) is 6.07 Å². The van der Waals surface area contributed by atoms with E-state index in [0.717, 1.165) is 13.0 Å². The smallest absolute Gasteiger partial charge is 0.145 e. The second-order valence-corrected chi connectivity index (χ2v) is 4.93. The van der Waals surface area contributed by atoms with Gasteiger partial charge in [-0.3, -0.25) is 0 Å². The van der Waals surface area contributed by atoms with E-state index in [0.29, 0.717) is 12.1 Å². The molecule has 1 aromatic carbocycles. The molecule has 0 bridgehead atoms. The summed E-state index contributed by atoms with van der Waals surface area (Å²) in [7, 11) is 0. The van der Waals surface area contributed by atoms with Crippen LogP contribution in [0.25, 0.3) is 0 Å². The number of allylic oxidation sites excluding steroid dienone is 1. The summed E-state index contributed by atoms with van der Waals surface area (Å²) in [5, 5.41) is 12.0. The van der Waals surface area contributed by atoms with Crippen molar-refractivity contribution in [3.05, 3.63) is 46.8 Å². The van der Waals surface area contributed by atoms with Crippen LogP contribution >= 0.6 is 0 Å². The van der Waals surface area contributed by atoms with Crippen molar-refractivity contribution >= 4 is 0 Å². The fourth-order valence-electron chi connectivity index (χ4n) is 2.41. The van der Waals surface area contributed by atoms with Crippen LogP contribution in [0.2, 0.25) is 0 Å². The minimum Gasteiger partial charge on any atom is -0.312 e. The quantitative estimate of drug-likeness (QED) is 0.646. The van der Waals surface area contributed by atoms with Crippen molar-refractivity contribution in [3.8, 4) is 6.07 Å². The molecular weight excluding hydrogens is 239 g/mol. The zero-order chi connectivity index (χ0) is 13.5. The molecule has 0 spiro atoms. The summed E-state index contributed by atoms with van der Waals surface area (Å²) in [5.41, 5.74) is 2.20. The molecule has 1 aliphatic rings. The monoisotopic (exact) mass is 258 g/mol. The van der Waals surface area contributed by atoms with E-state index < -0.39 is 5.82 Å². The maximum atomic E-state index is 13.8. The lowest BCUT2D eigenvalue weighted by atomic mass is 9.97. The van der Waals surface area contributed by atoms with Gasteiger partial charge in [-0.05, 0) is 44.7 Å². The number of rotatable bonds is 5. The lowest BCUT2D eigenvalue weighted by molar-refractivity contribution is 0.580. The van der Waals surface area contributed by atoms with Crippen LogP contribution < -0.4 is 5.32 Å².